The monoisotopic (exact) mass is 308 g/mol. The van der Waals surface area contributed by atoms with Crippen molar-refractivity contribution in [1.29, 1.82) is 0 Å². The lowest BCUT2D eigenvalue weighted by Gasteiger charge is -2.09. The molecule has 1 aromatic heterocycles. The smallest absolute Gasteiger partial charge is 0.213 e. The van der Waals surface area contributed by atoms with E-state index in [1.807, 2.05) is 36.4 Å². The third kappa shape index (κ3) is 6.02. The van der Waals surface area contributed by atoms with E-state index < -0.39 is 0 Å². The zero-order chi connectivity index (χ0) is 14.0. The van der Waals surface area contributed by atoms with Crippen molar-refractivity contribution in [1.82, 2.24) is 10.3 Å². The van der Waals surface area contributed by atoms with Crippen molar-refractivity contribution in [3.8, 4) is 11.6 Å². The van der Waals surface area contributed by atoms with Gasteiger partial charge in [0.15, 0.2) is 0 Å². The molecule has 2 rings (SSSR count). The second-order valence-corrected chi connectivity index (χ2v) is 4.36. The van der Waals surface area contributed by atoms with Gasteiger partial charge < -0.3 is 14.8 Å². The van der Waals surface area contributed by atoms with E-state index in [9.17, 15) is 0 Å². The number of ether oxygens (including phenoxy) is 2. The predicted molar refractivity (Wildman–Crippen MR) is 86.3 cm³/mol. The Kier molecular flexibility index (Phi) is 8.24. The first-order chi connectivity index (χ1) is 9.90. The van der Waals surface area contributed by atoms with Crippen LogP contribution in [0.5, 0.6) is 11.6 Å². The van der Waals surface area contributed by atoms with E-state index in [0.717, 1.165) is 25.3 Å². The van der Waals surface area contributed by atoms with Gasteiger partial charge in [0.1, 0.15) is 5.75 Å². The van der Waals surface area contributed by atoms with Gasteiger partial charge in [-0.1, -0.05) is 24.3 Å². The maximum absolute atomic E-state index is 5.53. The zero-order valence-corrected chi connectivity index (χ0v) is 12.9. The highest BCUT2D eigenvalue weighted by molar-refractivity contribution is 5.85. The van der Waals surface area contributed by atoms with E-state index in [-0.39, 0.29) is 12.4 Å². The van der Waals surface area contributed by atoms with Crippen molar-refractivity contribution in [2.24, 2.45) is 0 Å². The molecule has 0 amide bonds. The Hall–Kier alpha value is -1.78. The lowest BCUT2D eigenvalue weighted by molar-refractivity contribution is 0.296. The summed E-state index contributed by atoms with van der Waals surface area (Å²) >= 11 is 0. The topological polar surface area (TPSA) is 43.4 Å². The summed E-state index contributed by atoms with van der Waals surface area (Å²) in [5.74, 6) is 1.60. The fourth-order valence-electron chi connectivity index (χ4n) is 1.88. The van der Waals surface area contributed by atoms with Gasteiger partial charge in [0, 0.05) is 24.4 Å². The predicted octanol–water partition coefficient (Wildman–Crippen LogP) is 3.07. The number of rotatable bonds is 8. The molecule has 0 aliphatic heterocycles. The summed E-state index contributed by atoms with van der Waals surface area (Å²) in [7, 11) is 1.69. The minimum atomic E-state index is 0. The second-order valence-electron chi connectivity index (χ2n) is 4.36. The summed E-state index contributed by atoms with van der Waals surface area (Å²) in [5, 5.41) is 3.38. The number of nitrogens with zero attached hydrogens (tertiary/aromatic N) is 1. The van der Waals surface area contributed by atoms with Gasteiger partial charge in [-0.15, -0.1) is 12.4 Å². The normalized spacial score (nSPS) is 9.76. The van der Waals surface area contributed by atoms with E-state index >= 15 is 0 Å². The van der Waals surface area contributed by atoms with Crippen LogP contribution in [0.1, 0.15) is 12.0 Å². The number of halogens is 1. The Morgan fingerprint density at radius 3 is 2.67 bits per heavy atom. The van der Waals surface area contributed by atoms with Gasteiger partial charge in [-0.3, -0.25) is 0 Å². The van der Waals surface area contributed by atoms with Crippen molar-refractivity contribution < 1.29 is 9.47 Å². The van der Waals surface area contributed by atoms with Crippen LogP contribution < -0.4 is 14.8 Å². The number of methoxy groups -OCH3 is 1. The molecule has 1 heterocycles. The van der Waals surface area contributed by atoms with Crippen LogP contribution in [-0.2, 0) is 6.54 Å². The van der Waals surface area contributed by atoms with Crippen LogP contribution in [0.25, 0.3) is 0 Å². The van der Waals surface area contributed by atoms with Gasteiger partial charge >= 0.3 is 0 Å². The number of nitrogens with one attached hydrogen (secondary N) is 1. The van der Waals surface area contributed by atoms with E-state index in [1.165, 1.54) is 5.56 Å². The van der Waals surface area contributed by atoms with Gasteiger partial charge in [-0.05, 0) is 25.1 Å². The second kappa shape index (κ2) is 10.0. The van der Waals surface area contributed by atoms with Crippen molar-refractivity contribution in [2.75, 3.05) is 20.3 Å². The van der Waals surface area contributed by atoms with Crippen LogP contribution in [0.15, 0.2) is 48.7 Å². The van der Waals surface area contributed by atoms with Crippen molar-refractivity contribution >= 4 is 12.4 Å². The number of para-hydroxylation sites is 1. The summed E-state index contributed by atoms with van der Waals surface area (Å²) in [5.41, 5.74) is 1.17. The molecule has 0 unspecified atom stereocenters. The van der Waals surface area contributed by atoms with Crippen LogP contribution in [-0.4, -0.2) is 25.2 Å². The molecule has 114 valence electrons. The quantitative estimate of drug-likeness (QED) is 0.761. The van der Waals surface area contributed by atoms with Gasteiger partial charge in [0.05, 0.1) is 13.7 Å². The summed E-state index contributed by atoms with van der Waals surface area (Å²) in [4.78, 5) is 4.11. The molecule has 0 radical (unpaired) electrons. The molecule has 0 aliphatic rings. The van der Waals surface area contributed by atoms with Gasteiger partial charge in [-0.25, -0.2) is 4.98 Å². The Morgan fingerprint density at radius 2 is 1.90 bits per heavy atom. The molecule has 0 aliphatic carbocycles. The van der Waals surface area contributed by atoms with Crippen molar-refractivity contribution in [3.63, 3.8) is 0 Å². The van der Waals surface area contributed by atoms with Gasteiger partial charge in [-0.2, -0.15) is 0 Å². The Bertz CT molecular complexity index is 509. The highest BCUT2D eigenvalue weighted by Crippen LogP contribution is 2.16. The molecule has 0 bridgehead atoms. The lowest BCUT2D eigenvalue weighted by Crippen LogP contribution is -2.17. The summed E-state index contributed by atoms with van der Waals surface area (Å²) in [6, 6.07) is 13.7. The molecule has 5 heteroatoms. The highest BCUT2D eigenvalue weighted by atomic mass is 35.5. The average Bonchev–Trinajstić information content (AvgIpc) is 2.52. The number of hydrogen-bond acceptors (Lipinski definition) is 4. The molecule has 21 heavy (non-hydrogen) atoms. The largest absolute Gasteiger partial charge is 0.496 e. The molecule has 4 nitrogen and oxygen atoms in total. The van der Waals surface area contributed by atoms with E-state index in [0.29, 0.717) is 12.5 Å². The van der Waals surface area contributed by atoms with E-state index in [2.05, 4.69) is 16.4 Å². The molecule has 0 atom stereocenters. The average molecular weight is 309 g/mol. The SMILES string of the molecule is COc1ccccc1CNCCCOc1ccccn1.Cl. The number of hydrogen-bond donors (Lipinski definition) is 1. The summed E-state index contributed by atoms with van der Waals surface area (Å²) in [6.07, 6.45) is 2.67. The minimum Gasteiger partial charge on any atom is -0.496 e. The number of benzene rings is 1. The first-order valence-corrected chi connectivity index (χ1v) is 6.76. The zero-order valence-electron chi connectivity index (χ0n) is 12.1. The first kappa shape index (κ1) is 17.3. The fraction of sp³-hybridized carbons (Fsp3) is 0.312. The standard InChI is InChI=1S/C16H20N2O2.ClH/c1-19-15-8-3-2-7-14(15)13-17-10-6-12-20-16-9-4-5-11-18-16;/h2-5,7-9,11,17H,6,10,12-13H2,1H3;1H. The maximum Gasteiger partial charge on any atom is 0.213 e. The third-order valence-corrected chi connectivity index (χ3v) is 2.89. The lowest BCUT2D eigenvalue weighted by atomic mass is 10.2. The Morgan fingerprint density at radius 1 is 1.10 bits per heavy atom. The highest BCUT2D eigenvalue weighted by Gasteiger charge is 2.00. The van der Waals surface area contributed by atoms with Gasteiger partial charge in [0.2, 0.25) is 5.88 Å². The van der Waals surface area contributed by atoms with E-state index in [4.69, 9.17) is 9.47 Å². The molecule has 0 spiro atoms. The molecule has 0 fully saturated rings. The molecular weight excluding hydrogens is 288 g/mol. The molecular formula is C16H21ClN2O2. The Labute approximate surface area is 131 Å². The van der Waals surface area contributed by atoms with Gasteiger partial charge in [0.25, 0.3) is 0 Å². The first-order valence-electron chi connectivity index (χ1n) is 6.76. The van der Waals surface area contributed by atoms with Crippen LogP contribution in [0.4, 0.5) is 0 Å². The van der Waals surface area contributed by atoms with E-state index in [1.54, 1.807) is 13.3 Å². The minimum absolute atomic E-state index is 0. The van der Waals surface area contributed by atoms with Crippen molar-refractivity contribution in [2.45, 2.75) is 13.0 Å². The van der Waals surface area contributed by atoms with Crippen LogP contribution in [0.2, 0.25) is 0 Å². The number of pyridine rings is 1. The Balaban J connectivity index is 0.00000220. The van der Waals surface area contributed by atoms with Crippen LogP contribution >= 0.6 is 12.4 Å². The third-order valence-electron chi connectivity index (χ3n) is 2.89. The molecule has 1 aromatic carbocycles. The molecule has 1 N–H and O–H groups in total. The molecule has 0 saturated carbocycles. The van der Waals surface area contributed by atoms with Crippen molar-refractivity contribution in [3.05, 3.63) is 54.2 Å². The van der Waals surface area contributed by atoms with Crippen LogP contribution in [0, 0.1) is 0 Å². The molecule has 2 aromatic rings. The summed E-state index contributed by atoms with van der Waals surface area (Å²) in [6.45, 7) is 2.36. The maximum atomic E-state index is 5.53. The van der Waals surface area contributed by atoms with Crippen LogP contribution in [0.3, 0.4) is 0 Å². The summed E-state index contributed by atoms with van der Waals surface area (Å²) < 4.78 is 10.8. The fourth-order valence-corrected chi connectivity index (χ4v) is 1.88. The molecule has 0 saturated heterocycles. The number of aromatic nitrogens is 1.